The van der Waals surface area contributed by atoms with Crippen molar-refractivity contribution < 1.29 is 13.2 Å². The number of hydrogen-bond acceptors (Lipinski definition) is 6. The molecule has 0 bridgehead atoms. The van der Waals surface area contributed by atoms with Crippen molar-refractivity contribution in [1.82, 2.24) is 4.98 Å². The van der Waals surface area contributed by atoms with Gasteiger partial charge in [-0.25, -0.2) is 13.4 Å². The minimum absolute atomic E-state index is 0.0417. The Hall–Kier alpha value is -2.03. The van der Waals surface area contributed by atoms with Crippen LogP contribution in [0.1, 0.15) is 17.3 Å². The summed E-state index contributed by atoms with van der Waals surface area (Å²) in [6, 6.07) is 10.1. The maximum atomic E-state index is 12.5. The number of carbonyl (C=O) groups excluding carboxylic acids is 1. The third-order valence-corrected chi connectivity index (χ3v) is 6.78. The molecule has 0 aliphatic carbocycles. The number of anilines is 1. The van der Waals surface area contributed by atoms with Gasteiger partial charge in [-0.2, -0.15) is 0 Å². The zero-order valence-corrected chi connectivity index (χ0v) is 15.2. The second kappa shape index (κ2) is 6.84. The molecule has 1 aromatic carbocycles. The van der Waals surface area contributed by atoms with Crippen molar-refractivity contribution in [3.8, 4) is 10.6 Å². The summed E-state index contributed by atoms with van der Waals surface area (Å²) >= 11 is 2.87. The normalized spacial score (nSPS) is 11.4. The van der Waals surface area contributed by atoms with Crippen LogP contribution >= 0.6 is 22.7 Å². The Kier molecular flexibility index (Phi) is 4.79. The number of benzene rings is 1. The molecule has 3 aromatic rings. The van der Waals surface area contributed by atoms with E-state index in [9.17, 15) is 13.2 Å². The van der Waals surface area contributed by atoms with Crippen LogP contribution in [0.25, 0.3) is 10.6 Å². The van der Waals surface area contributed by atoms with Crippen molar-refractivity contribution >= 4 is 43.5 Å². The van der Waals surface area contributed by atoms with Gasteiger partial charge in [-0.1, -0.05) is 25.1 Å². The van der Waals surface area contributed by atoms with Crippen LogP contribution in [0.5, 0.6) is 0 Å². The number of nitrogens with one attached hydrogen (secondary N) is 1. The standard InChI is InChI=1S/C16H14N2O3S3/c1-2-24(20,21)14-8-4-3-6-11(14)15(19)18-16-17-12(10-23-16)13-7-5-9-22-13/h3-10H,2H2,1H3,(H,17,18,19). The van der Waals surface area contributed by atoms with E-state index < -0.39 is 15.7 Å². The second-order valence-corrected chi connectivity index (χ2v) is 8.92. The van der Waals surface area contributed by atoms with Crippen LogP contribution in [0.2, 0.25) is 0 Å². The molecule has 0 aliphatic rings. The highest BCUT2D eigenvalue weighted by Gasteiger charge is 2.21. The van der Waals surface area contributed by atoms with Gasteiger partial charge in [-0.05, 0) is 23.6 Å². The lowest BCUT2D eigenvalue weighted by Crippen LogP contribution is -2.17. The van der Waals surface area contributed by atoms with Crippen molar-refractivity contribution in [3.63, 3.8) is 0 Å². The van der Waals surface area contributed by atoms with Crippen LogP contribution in [0.4, 0.5) is 5.13 Å². The van der Waals surface area contributed by atoms with Gasteiger partial charge in [0.05, 0.1) is 26.8 Å². The molecule has 0 atom stereocenters. The van der Waals surface area contributed by atoms with Crippen LogP contribution in [0.15, 0.2) is 52.1 Å². The van der Waals surface area contributed by atoms with Gasteiger partial charge in [-0.3, -0.25) is 10.1 Å². The lowest BCUT2D eigenvalue weighted by molar-refractivity contribution is 0.102. The van der Waals surface area contributed by atoms with Crippen LogP contribution in [-0.2, 0) is 9.84 Å². The maximum absolute atomic E-state index is 12.5. The molecule has 124 valence electrons. The number of carbonyl (C=O) groups is 1. The van der Waals surface area contributed by atoms with Gasteiger partial charge in [0.15, 0.2) is 15.0 Å². The van der Waals surface area contributed by atoms with Crippen molar-refractivity contribution in [2.24, 2.45) is 0 Å². The Labute approximate surface area is 147 Å². The summed E-state index contributed by atoms with van der Waals surface area (Å²) in [7, 11) is -3.47. The van der Waals surface area contributed by atoms with Crippen LogP contribution in [0, 0.1) is 0 Å². The minimum atomic E-state index is -3.47. The lowest BCUT2D eigenvalue weighted by atomic mass is 10.2. The van der Waals surface area contributed by atoms with E-state index in [1.165, 1.54) is 23.5 Å². The fraction of sp³-hybridized carbons (Fsp3) is 0.125. The summed E-state index contributed by atoms with van der Waals surface area (Å²) < 4.78 is 24.3. The Morgan fingerprint density at radius 2 is 1.96 bits per heavy atom. The van der Waals surface area contributed by atoms with Gasteiger partial charge in [-0.15, -0.1) is 22.7 Å². The molecule has 0 aliphatic heterocycles. The minimum Gasteiger partial charge on any atom is -0.298 e. The highest BCUT2D eigenvalue weighted by atomic mass is 32.2. The first-order valence-corrected chi connectivity index (χ1v) is 10.5. The quantitative estimate of drug-likeness (QED) is 0.730. The highest BCUT2D eigenvalue weighted by molar-refractivity contribution is 7.91. The number of sulfone groups is 1. The molecule has 2 heterocycles. The van der Waals surface area contributed by atoms with Crippen molar-refractivity contribution in [3.05, 3.63) is 52.7 Å². The monoisotopic (exact) mass is 378 g/mol. The predicted octanol–water partition coefficient (Wildman–Crippen LogP) is 3.92. The average molecular weight is 379 g/mol. The Morgan fingerprint density at radius 3 is 2.67 bits per heavy atom. The fourth-order valence-corrected chi connectivity index (χ4v) is 4.67. The molecule has 0 saturated carbocycles. The molecule has 0 unspecified atom stereocenters. The number of amides is 1. The number of hydrogen-bond donors (Lipinski definition) is 1. The molecule has 0 fully saturated rings. The SMILES string of the molecule is CCS(=O)(=O)c1ccccc1C(=O)Nc1nc(-c2cccs2)cs1. The topological polar surface area (TPSA) is 76.1 Å². The zero-order valence-electron chi connectivity index (χ0n) is 12.7. The van der Waals surface area contributed by atoms with Gasteiger partial charge < -0.3 is 0 Å². The first-order chi connectivity index (χ1) is 11.5. The number of thiophene rings is 1. The number of aromatic nitrogens is 1. The molecule has 1 amide bonds. The van der Waals surface area contributed by atoms with Crippen LogP contribution < -0.4 is 5.32 Å². The summed E-state index contributed by atoms with van der Waals surface area (Å²) in [5.41, 5.74) is 0.923. The van der Waals surface area contributed by atoms with Gasteiger partial charge in [0.25, 0.3) is 5.91 Å². The first kappa shape index (κ1) is 16.8. The van der Waals surface area contributed by atoms with E-state index in [0.29, 0.717) is 5.13 Å². The second-order valence-electron chi connectivity index (χ2n) is 4.87. The smallest absolute Gasteiger partial charge is 0.258 e. The van der Waals surface area contributed by atoms with E-state index in [1.807, 2.05) is 22.9 Å². The summed E-state index contributed by atoms with van der Waals surface area (Å²) in [5.74, 6) is -0.536. The fourth-order valence-electron chi connectivity index (χ4n) is 2.11. The van der Waals surface area contributed by atoms with Crippen LogP contribution in [0.3, 0.4) is 0 Å². The summed E-state index contributed by atoms with van der Waals surface area (Å²) in [6.45, 7) is 1.55. The summed E-state index contributed by atoms with van der Waals surface area (Å²) in [4.78, 5) is 17.9. The Bertz CT molecular complexity index is 960. The average Bonchev–Trinajstić information content (AvgIpc) is 3.26. The summed E-state index contributed by atoms with van der Waals surface area (Å²) in [6.07, 6.45) is 0. The van der Waals surface area contributed by atoms with Crippen molar-refractivity contribution in [2.75, 3.05) is 11.1 Å². The van der Waals surface area contributed by atoms with E-state index in [0.717, 1.165) is 10.6 Å². The Balaban J connectivity index is 1.86. The van der Waals surface area contributed by atoms with Gasteiger partial charge in [0.2, 0.25) is 0 Å². The van der Waals surface area contributed by atoms with Gasteiger partial charge in [0, 0.05) is 5.38 Å². The molecular weight excluding hydrogens is 364 g/mol. The highest BCUT2D eigenvalue weighted by Crippen LogP contribution is 2.28. The molecule has 3 rings (SSSR count). The zero-order chi connectivity index (χ0) is 17.2. The third-order valence-electron chi connectivity index (χ3n) is 3.35. The molecule has 5 nitrogen and oxygen atoms in total. The van der Waals surface area contributed by atoms with E-state index >= 15 is 0 Å². The molecule has 8 heteroatoms. The molecule has 24 heavy (non-hydrogen) atoms. The van der Waals surface area contributed by atoms with Crippen molar-refractivity contribution in [2.45, 2.75) is 11.8 Å². The third kappa shape index (κ3) is 3.40. The van der Waals surface area contributed by atoms with Gasteiger partial charge in [0.1, 0.15) is 0 Å². The lowest BCUT2D eigenvalue weighted by Gasteiger charge is -2.08. The largest absolute Gasteiger partial charge is 0.298 e. The number of rotatable bonds is 5. The van der Waals surface area contributed by atoms with E-state index in [4.69, 9.17) is 0 Å². The summed E-state index contributed by atoms with van der Waals surface area (Å²) in [5, 5.41) is 6.94. The molecule has 2 aromatic heterocycles. The predicted molar refractivity (Wildman–Crippen MR) is 97.5 cm³/mol. The van der Waals surface area contributed by atoms with Gasteiger partial charge >= 0.3 is 0 Å². The first-order valence-electron chi connectivity index (χ1n) is 7.14. The van der Waals surface area contributed by atoms with Crippen LogP contribution in [-0.4, -0.2) is 25.1 Å². The van der Waals surface area contributed by atoms with E-state index in [1.54, 1.807) is 30.4 Å². The molecule has 0 spiro atoms. The number of nitrogens with zero attached hydrogens (tertiary/aromatic N) is 1. The maximum Gasteiger partial charge on any atom is 0.258 e. The molecule has 0 saturated heterocycles. The molecule has 0 radical (unpaired) electrons. The van der Waals surface area contributed by atoms with E-state index in [-0.39, 0.29) is 16.2 Å². The van der Waals surface area contributed by atoms with Crippen molar-refractivity contribution in [1.29, 1.82) is 0 Å². The molecule has 1 N–H and O–H groups in total. The Morgan fingerprint density at radius 1 is 1.17 bits per heavy atom. The van der Waals surface area contributed by atoms with E-state index in [2.05, 4.69) is 10.3 Å². The molecular formula is C16H14N2O3S3. The number of thiazole rings is 1.